The molecule has 5 nitrogen and oxygen atoms in total. The first kappa shape index (κ1) is 12.4. The Morgan fingerprint density at radius 2 is 2.19 bits per heavy atom. The van der Waals surface area contributed by atoms with Crippen LogP contribution in [-0.2, 0) is 19.1 Å². The third-order valence-electron chi connectivity index (χ3n) is 1.93. The highest BCUT2D eigenvalue weighted by Crippen LogP contribution is 2.09. The summed E-state index contributed by atoms with van der Waals surface area (Å²) in [4.78, 5) is 22.5. The number of carbonyl (C=O) groups excluding carboxylic acids is 2. The lowest BCUT2D eigenvalue weighted by Gasteiger charge is -2.03. The number of hydrogen-bond donors (Lipinski definition) is 1. The number of amides is 1. The smallest absolute Gasteiger partial charge is 0.335 e. The topological polar surface area (TPSA) is 67.9 Å². The van der Waals surface area contributed by atoms with E-state index in [1.165, 1.54) is 6.20 Å². The van der Waals surface area contributed by atoms with Gasteiger partial charge in [0, 0.05) is 11.8 Å². The Morgan fingerprint density at radius 1 is 1.56 bits per heavy atom. The molecule has 1 heterocycles. The van der Waals surface area contributed by atoms with Gasteiger partial charge >= 0.3 is 5.97 Å². The molecule has 0 spiro atoms. The summed E-state index contributed by atoms with van der Waals surface area (Å²) in [6.07, 6.45) is 1.36. The minimum absolute atomic E-state index is 0.0433. The summed E-state index contributed by atoms with van der Waals surface area (Å²) < 4.78 is 9.80. The molecular weight excluding hydrogens is 210 g/mol. The van der Waals surface area contributed by atoms with Gasteiger partial charge < -0.3 is 14.8 Å². The summed E-state index contributed by atoms with van der Waals surface area (Å²) in [6, 6.07) is 0. The number of carbonyl (C=O) groups is 2. The summed E-state index contributed by atoms with van der Waals surface area (Å²) in [5.41, 5.74) is 0.707. The predicted octanol–water partition coefficient (Wildman–Crippen LogP) is 0.524. The number of rotatable bonds is 5. The number of ether oxygens (including phenoxy) is 2. The van der Waals surface area contributed by atoms with E-state index in [2.05, 4.69) is 11.9 Å². The number of hydrogen-bond acceptors (Lipinski definition) is 4. The maximum absolute atomic E-state index is 11.3. The van der Waals surface area contributed by atoms with E-state index < -0.39 is 5.97 Å². The Hall–Kier alpha value is -1.62. The van der Waals surface area contributed by atoms with E-state index >= 15 is 0 Å². The molecule has 1 fully saturated rings. The third kappa shape index (κ3) is 4.27. The molecule has 5 heteroatoms. The van der Waals surface area contributed by atoms with Crippen molar-refractivity contribution in [3.8, 4) is 0 Å². The Labute approximate surface area is 94.1 Å². The summed E-state index contributed by atoms with van der Waals surface area (Å²) in [7, 11) is 0. The number of esters is 1. The van der Waals surface area contributed by atoms with Gasteiger partial charge in [-0.3, -0.25) is 4.79 Å². The molecule has 1 unspecified atom stereocenters. The van der Waals surface area contributed by atoms with Gasteiger partial charge in [-0.15, -0.1) is 0 Å². The van der Waals surface area contributed by atoms with Gasteiger partial charge in [0.25, 0.3) is 0 Å². The van der Waals surface area contributed by atoms with Crippen LogP contribution in [0.25, 0.3) is 0 Å². The molecule has 0 aromatic heterocycles. The van der Waals surface area contributed by atoms with E-state index in [9.17, 15) is 9.59 Å². The lowest BCUT2D eigenvalue weighted by Crippen LogP contribution is -2.20. The second-order valence-corrected chi connectivity index (χ2v) is 3.63. The molecule has 16 heavy (non-hydrogen) atoms. The Kier molecular flexibility index (Phi) is 4.25. The van der Waals surface area contributed by atoms with E-state index in [-0.39, 0.29) is 18.6 Å². The molecule has 0 aromatic carbocycles. The molecule has 1 N–H and O–H groups in total. The van der Waals surface area contributed by atoms with Gasteiger partial charge in [0.2, 0.25) is 5.91 Å². The standard InChI is InChI=1S/C11H15NO4/c1-7(2)10(13)12-4-8(3)11(14)16-6-9-5-15-9/h4,9H,1,5-6H2,2-3H3,(H,12,13). The van der Waals surface area contributed by atoms with E-state index in [0.29, 0.717) is 17.8 Å². The van der Waals surface area contributed by atoms with Gasteiger partial charge in [-0.25, -0.2) is 4.79 Å². The van der Waals surface area contributed by atoms with Crippen LogP contribution in [0.3, 0.4) is 0 Å². The maximum atomic E-state index is 11.3. The SMILES string of the molecule is C=C(C)C(=O)NC=C(C)C(=O)OCC1CO1. The van der Waals surface area contributed by atoms with E-state index in [4.69, 9.17) is 9.47 Å². The van der Waals surface area contributed by atoms with Gasteiger partial charge in [0.1, 0.15) is 12.7 Å². The molecule has 1 amide bonds. The van der Waals surface area contributed by atoms with Crippen molar-refractivity contribution in [3.63, 3.8) is 0 Å². The van der Waals surface area contributed by atoms with E-state index in [1.54, 1.807) is 13.8 Å². The Balaban J connectivity index is 2.32. The monoisotopic (exact) mass is 225 g/mol. The van der Waals surface area contributed by atoms with Crippen molar-refractivity contribution in [3.05, 3.63) is 23.9 Å². The zero-order valence-electron chi connectivity index (χ0n) is 9.41. The van der Waals surface area contributed by atoms with Gasteiger partial charge in [0.05, 0.1) is 12.2 Å². The van der Waals surface area contributed by atoms with Crippen LogP contribution < -0.4 is 5.32 Å². The molecule has 88 valence electrons. The molecule has 0 bridgehead atoms. The van der Waals surface area contributed by atoms with Crippen molar-refractivity contribution >= 4 is 11.9 Å². The second-order valence-electron chi connectivity index (χ2n) is 3.63. The molecule has 1 atom stereocenters. The third-order valence-corrected chi connectivity index (χ3v) is 1.93. The zero-order chi connectivity index (χ0) is 12.1. The fraction of sp³-hybridized carbons (Fsp3) is 0.455. The molecule has 0 aliphatic carbocycles. The van der Waals surface area contributed by atoms with Crippen molar-refractivity contribution in [1.29, 1.82) is 0 Å². The molecule has 1 aliphatic heterocycles. The predicted molar refractivity (Wildman–Crippen MR) is 57.4 cm³/mol. The summed E-state index contributed by atoms with van der Waals surface area (Å²) in [5.74, 6) is -0.782. The molecule has 1 rings (SSSR count). The molecule has 0 aromatic rings. The number of epoxide rings is 1. The van der Waals surface area contributed by atoms with Crippen LogP contribution in [0.1, 0.15) is 13.8 Å². The summed E-state index contributed by atoms with van der Waals surface area (Å²) in [5, 5.41) is 2.43. The van der Waals surface area contributed by atoms with Crippen LogP contribution in [0.15, 0.2) is 23.9 Å². The molecule has 1 saturated heterocycles. The van der Waals surface area contributed by atoms with Crippen molar-refractivity contribution in [1.82, 2.24) is 5.32 Å². The molecule has 0 radical (unpaired) electrons. The summed E-state index contributed by atoms with van der Waals surface area (Å²) in [6.45, 7) is 7.52. The van der Waals surface area contributed by atoms with Crippen LogP contribution in [0.2, 0.25) is 0 Å². The van der Waals surface area contributed by atoms with Crippen molar-refractivity contribution in [2.75, 3.05) is 13.2 Å². The van der Waals surface area contributed by atoms with Crippen LogP contribution in [0.4, 0.5) is 0 Å². The van der Waals surface area contributed by atoms with Crippen LogP contribution in [-0.4, -0.2) is 31.2 Å². The lowest BCUT2D eigenvalue weighted by molar-refractivity contribution is -0.139. The van der Waals surface area contributed by atoms with Crippen molar-refractivity contribution < 1.29 is 19.1 Å². The highest BCUT2D eigenvalue weighted by Gasteiger charge is 2.24. The number of nitrogens with one attached hydrogen (secondary N) is 1. The fourth-order valence-electron chi connectivity index (χ4n) is 0.803. The lowest BCUT2D eigenvalue weighted by atomic mass is 10.3. The van der Waals surface area contributed by atoms with Crippen LogP contribution >= 0.6 is 0 Å². The Bertz CT molecular complexity index is 342. The minimum Gasteiger partial charge on any atom is -0.459 e. The second kappa shape index (κ2) is 5.46. The quantitative estimate of drug-likeness (QED) is 0.421. The van der Waals surface area contributed by atoms with Gasteiger partial charge in [-0.2, -0.15) is 0 Å². The highest BCUT2D eigenvalue weighted by molar-refractivity contribution is 5.94. The Morgan fingerprint density at radius 3 is 2.69 bits per heavy atom. The first-order valence-electron chi connectivity index (χ1n) is 4.92. The van der Waals surface area contributed by atoms with Crippen molar-refractivity contribution in [2.24, 2.45) is 0 Å². The van der Waals surface area contributed by atoms with Crippen LogP contribution in [0.5, 0.6) is 0 Å². The maximum Gasteiger partial charge on any atom is 0.335 e. The molecule has 1 aliphatic rings. The highest BCUT2D eigenvalue weighted by atomic mass is 16.6. The van der Waals surface area contributed by atoms with Crippen molar-refractivity contribution in [2.45, 2.75) is 20.0 Å². The average molecular weight is 225 g/mol. The first-order chi connectivity index (χ1) is 7.50. The summed E-state index contributed by atoms with van der Waals surface area (Å²) >= 11 is 0. The fourth-order valence-corrected chi connectivity index (χ4v) is 0.803. The average Bonchev–Trinajstić information content (AvgIpc) is 3.05. The van der Waals surface area contributed by atoms with E-state index in [0.717, 1.165) is 0 Å². The van der Waals surface area contributed by atoms with Crippen LogP contribution in [0, 0.1) is 0 Å². The zero-order valence-corrected chi connectivity index (χ0v) is 9.41. The van der Waals surface area contributed by atoms with Gasteiger partial charge in [-0.1, -0.05) is 6.58 Å². The van der Waals surface area contributed by atoms with Gasteiger partial charge in [0.15, 0.2) is 0 Å². The van der Waals surface area contributed by atoms with E-state index in [1.807, 2.05) is 0 Å². The van der Waals surface area contributed by atoms with Gasteiger partial charge in [-0.05, 0) is 13.8 Å². The first-order valence-corrected chi connectivity index (χ1v) is 4.92. The minimum atomic E-state index is -0.461. The normalized spacial score (nSPS) is 18.9. The molecular formula is C11H15NO4. The molecule has 0 saturated carbocycles. The largest absolute Gasteiger partial charge is 0.459 e.